The summed E-state index contributed by atoms with van der Waals surface area (Å²) in [5, 5.41) is 3.32. The highest BCUT2D eigenvalue weighted by atomic mass is 32.2. The van der Waals surface area contributed by atoms with Gasteiger partial charge in [-0.05, 0) is 61.7 Å². The maximum atomic E-state index is 13.3. The Morgan fingerprint density at radius 3 is 2.47 bits per heavy atom. The molecule has 0 radical (unpaired) electrons. The van der Waals surface area contributed by atoms with Crippen molar-refractivity contribution in [1.82, 2.24) is 10.2 Å². The predicted octanol–water partition coefficient (Wildman–Crippen LogP) is 3.39. The minimum absolute atomic E-state index is 0.0980. The molecule has 174 valence electrons. The number of anilines is 2. The van der Waals surface area contributed by atoms with Gasteiger partial charge in [-0.2, -0.15) is 0 Å². The van der Waals surface area contributed by atoms with E-state index in [-0.39, 0.29) is 10.8 Å². The Kier molecular flexibility index (Phi) is 7.79. The summed E-state index contributed by atoms with van der Waals surface area (Å²) in [6.45, 7) is 9.88. The first-order chi connectivity index (χ1) is 15.2. The summed E-state index contributed by atoms with van der Waals surface area (Å²) in [7, 11) is -1.97. The molecular formula is C24H34N4O3S. The number of hydrogen-bond acceptors (Lipinski definition) is 5. The van der Waals surface area contributed by atoms with E-state index in [0.717, 1.165) is 55.8 Å². The minimum atomic E-state index is -3.77. The molecule has 7 nitrogen and oxygen atoms in total. The van der Waals surface area contributed by atoms with E-state index in [4.69, 9.17) is 0 Å². The lowest BCUT2D eigenvalue weighted by Gasteiger charge is -2.32. The van der Waals surface area contributed by atoms with Gasteiger partial charge in [-0.1, -0.05) is 19.4 Å². The van der Waals surface area contributed by atoms with Crippen LogP contribution < -0.4 is 14.9 Å². The second-order valence-electron chi connectivity index (χ2n) is 8.40. The van der Waals surface area contributed by atoms with Gasteiger partial charge in [0.1, 0.15) is 0 Å². The van der Waals surface area contributed by atoms with Gasteiger partial charge in [-0.25, -0.2) is 8.42 Å². The second kappa shape index (κ2) is 10.4. The molecule has 1 saturated heterocycles. The maximum Gasteiger partial charge on any atom is 0.261 e. The van der Waals surface area contributed by atoms with Crippen molar-refractivity contribution in [2.45, 2.75) is 38.5 Å². The van der Waals surface area contributed by atoms with Gasteiger partial charge in [-0.15, -0.1) is 0 Å². The number of sulfonamides is 1. The summed E-state index contributed by atoms with van der Waals surface area (Å²) in [5.41, 5.74) is 3.69. The zero-order valence-corrected chi connectivity index (χ0v) is 20.3. The molecule has 0 unspecified atom stereocenters. The van der Waals surface area contributed by atoms with Crippen LogP contribution in [0, 0.1) is 13.8 Å². The standard InChI is InChI=1S/C24H34N4O3S/c1-5-6-13-27(4)24(29)22-17-20(8-10-23(22)28-14-11-25-12-15-28)26-32(30,31)21-9-7-18(2)19(3)16-21/h7-10,16-17,25-26H,5-6,11-15H2,1-4H3. The number of carbonyl (C=O) groups is 1. The van der Waals surface area contributed by atoms with Crippen molar-refractivity contribution >= 4 is 27.3 Å². The van der Waals surface area contributed by atoms with Crippen LogP contribution in [0.2, 0.25) is 0 Å². The van der Waals surface area contributed by atoms with E-state index < -0.39 is 10.0 Å². The number of nitrogens with one attached hydrogen (secondary N) is 2. The highest BCUT2D eigenvalue weighted by Gasteiger charge is 2.23. The first kappa shape index (κ1) is 24.1. The van der Waals surface area contributed by atoms with Crippen molar-refractivity contribution in [2.75, 3.05) is 49.4 Å². The highest BCUT2D eigenvalue weighted by molar-refractivity contribution is 7.92. The summed E-state index contributed by atoms with van der Waals surface area (Å²) in [6, 6.07) is 10.3. The molecule has 0 spiro atoms. The van der Waals surface area contributed by atoms with E-state index in [1.165, 1.54) is 0 Å². The molecule has 1 aliphatic heterocycles. The second-order valence-corrected chi connectivity index (χ2v) is 10.1. The molecule has 1 amide bonds. The summed E-state index contributed by atoms with van der Waals surface area (Å²) in [4.78, 5) is 17.4. The molecule has 0 aliphatic carbocycles. The summed E-state index contributed by atoms with van der Waals surface area (Å²) < 4.78 is 28.6. The molecule has 3 rings (SSSR count). The first-order valence-electron chi connectivity index (χ1n) is 11.2. The molecule has 2 aromatic rings. The lowest BCUT2D eigenvalue weighted by molar-refractivity contribution is 0.0794. The zero-order valence-electron chi connectivity index (χ0n) is 19.4. The molecule has 1 heterocycles. The molecule has 0 aromatic heterocycles. The third-order valence-electron chi connectivity index (χ3n) is 5.92. The van der Waals surface area contributed by atoms with E-state index in [2.05, 4.69) is 21.9 Å². The Morgan fingerprint density at radius 1 is 1.09 bits per heavy atom. The summed E-state index contributed by atoms with van der Waals surface area (Å²) in [6.07, 6.45) is 1.92. The average molecular weight is 459 g/mol. The fourth-order valence-electron chi connectivity index (χ4n) is 3.75. The summed E-state index contributed by atoms with van der Waals surface area (Å²) in [5.74, 6) is -0.0980. The van der Waals surface area contributed by atoms with E-state index in [0.29, 0.717) is 17.8 Å². The van der Waals surface area contributed by atoms with Crippen LogP contribution >= 0.6 is 0 Å². The molecule has 32 heavy (non-hydrogen) atoms. The third-order valence-corrected chi connectivity index (χ3v) is 7.30. The largest absolute Gasteiger partial charge is 0.368 e. The minimum Gasteiger partial charge on any atom is -0.368 e. The van der Waals surface area contributed by atoms with Crippen molar-refractivity contribution in [3.05, 3.63) is 53.1 Å². The van der Waals surface area contributed by atoms with Crippen LogP contribution in [0.5, 0.6) is 0 Å². The smallest absolute Gasteiger partial charge is 0.261 e. The number of carbonyl (C=O) groups excluding carboxylic acids is 1. The Labute approximate surface area is 191 Å². The van der Waals surface area contributed by atoms with E-state index in [1.807, 2.05) is 19.9 Å². The van der Waals surface area contributed by atoms with Gasteiger partial charge in [0.25, 0.3) is 15.9 Å². The number of rotatable bonds is 8. The average Bonchev–Trinajstić information content (AvgIpc) is 2.79. The predicted molar refractivity (Wildman–Crippen MR) is 130 cm³/mol. The molecule has 0 saturated carbocycles. The van der Waals surface area contributed by atoms with Crippen molar-refractivity contribution < 1.29 is 13.2 Å². The molecule has 0 bridgehead atoms. The number of amides is 1. The Hall–Kier alpha value is -2.58. The van der Waals surface area contributed by atoms with Gasteiger partial charge in [0, 0.05) is 51.1 Å². The van der Waals surface area contributed by atoms with Gasteiger partial charge in [0.05, 0.1) is 10.5 Å². The monoisotopic (exact) mass is 458 g/mol. The van der Waals surface area contributed by atoms with Gasteiger partial charge in [0.15, 0.2) is 0 Å². The Bertz CT molecular complexity index is 1060. The van der Waals surface area contributed by atoms with Crippen LogP contribution in [0.4, 0.5) is 11.4 Å². The molecular weight excluding hydrogens is 424 g/mol. The maximum absolute atomic E-state index is 13.3. The SMILES string of the molecule is CCCCN(C)C(=O)c1cc(NS(=O)(=O)c2ccc(C)c(C)c2)ccc1N1CCNCC1. The van der Waals surface area contributed by atoms with Gasteiger partial charge in [0.2, 0.25) is 0 Å². The van der Waals surface area contributed by atoms with Crippen LogP contribution in [0.25, 0.3) is 0 Å². The van der Waals surface area contributed by atoms with Crippen LogP contribution in [-0.4, -0.2) is 59.0 Å². The van der Waals surface area contributed by atoms with Crippen molar-refractivity contribution in [3.8, 4) is 0 Å². The van der Waals surface area contributed by atoms with Crippen molar-refractivity contribution in [1.29, 1.82) is 0 Å². The van der Waals surface area contributed by atoms with Gasteiger partial charge in [-0.3, -0.25) is 9.52 Å². The van der Waals surface area contributed by atoms with Gasteiger partial charge < -0.3 is 15.1 Å². The molecule has 2 N–H and O–H groups in total. The fraction of sp³-hybridized carbons (Fsp3) is 0.458. The lowest BCUT2D eigenvalue weighted by Crippen LogP contribution is -2.44. The van der Waals surface area contributed by atoms with E-state index in [9.17, 15) is 13.2 Å². The Morgan fingerprint density at radius 2 is 1.81 bits per heavy atom. The Balaban J connectivity index is 1.94. The molecule has 1 fully saturated rings. The molecule has 8 heteroatoms. The zero-order chi connectivity index (χ0) is 23.3. The van der Waals surface area contributed by atoms with Crippen LogP contribution in [0.15, 0.2) is 41.3 Å². The van der Waals surface area contributed by atoms with Crippen molar-refractivity contribution in [3.63, 3.8) is 0 Å². The van der Waals surface area contributed by atoms with Crippen molar-refractivity contribution in [2.24, 2.45) is 0 Å². The van der Waals surface area contributed by atoms with E-state index in [1.54, 1.807) is 42.3 Å². The van der Waals surface area contributed by atoms with Crippen LogP contribution in [0.1, 0.15) is 41.3 Å². The topological polar surface area (TPSA) is 81.8 Å². The van der Waals surface area contributed by atoms with Crippen LogP contribution in [-0.2, 0) is 10.0 Å². The normalized spacial score (nSPS) is 14.3. The first-order valence-corrected chi connectivity index (χ1v) is 12.7. The quantitative estimate of drug-likeness (QED) is 0.634. The lowest BCUT2D eigenvalue weighted by atomic mass is 10.1. The number of unbranched alkanes of at least 4 members (excludes halogenated alkanes) is 1. The van der Waals surface area contributed by atoms with Gasteiger partial charge >= 0.3 is 0 Å². The summed E-state index contributed by atoms with van der Waals surface area (Å²) >= 11 is 0. The number of hydrogen-bond donors (Lipinski definition) is 2. The highest BCUT2D eigenvalue weighted by Crippen LogP contribution is 2.28. The number of nitrogens with zero attached hydrogens (tertiary/aromatic N) is 2. The number of benzene rings is 2. The molecule has 1 aliphatic rings. The van der Waals surface area contributed by atoms with Crippen LogP contribution in [0.3, 0.4) is 0 Å². The fourth-order valence-corrected chi connectivity index (χ4v) is 4.88. The third kappa shape index (κ3) is 5.61. The molecule has 0 atom stereocenters. The number of piperazine rings is 1. The van der Waals surface area contributed by atoms with E-state index >= 15 is 0 Å². The number of aryl methyl sites for hydroxylation is 2. The molecule has 2 aromatic carbocycles.